The van der Waals surface area contributed by atoms with E-state index >= 15 is 0 Å². The first-order valence-electron chi connectivity index (χ1n) is 6.09. The molecule has 0 aliphatic carbocycles. The number of nitrogens with zero attached hydrogens (tertiary/aromatic N) is 2. The highest BCUT2D eigenvalue weighted by atomic mass is 32.2. The van der Waals surface area contributed by atoms with E-state index in [1.165, 1.54) is 22.8 Å². The molecule has 0 unspecified atom stereocenters. The second-order valence-corrected chi connectivity index (χ2v) is 7.50. The van der Waals surface area contributed by atoms with Crippen LogP contribution >= 0.6 is 0 Å². The van der Waals surface area contributed by atoms with Crippen LogP contribution in [0.25, 0.3) is 0 Å². The van der Waals surface area contributed by atoms with Gasteiger partial charge in [0, 0.05) is 33.8 Å². The summed E-state index contributed by atoms with van der Waals surface area (Å²) in [6, 6.07) is 0. The maximum absolute atomic E-state index is 12.2. The van der Waals surface area contributed by atoms with Gasteiger partial charge in [-0.1, -0.05) is 13.8 Å². The van der Waals surface area contributed by atoms with Crippen molar-refractivity contribution in [2.45, 2.75) is 13.8 Å². The van der Waals surface area contributed by atoms with E-state index in [-0.39, 0.29) is 25.6 Å². The fourth-order valence-electron chi connectivity index (χ4n) is 2.16. The number of ether oxygens (including phenoxy) is 1. The van der Waals surface area contributed by atoms with Gasteiger partial charge in [-0.15, -0.1) is 0 Å². The Labute approximate surface area is 114 Å². The summed E-state index contributed by atoms with van der Waals surface area (Å²) in [5, 5.41) is 9.17. The summed E-state index contributed by atoms with van der Waals surface area (Å²) in [4.78, 5) is 11.2. The van der Waals surface area contributed by atoms with Gasteiger partial charge >= 0.3 is 5.97 Å². The Morgan fingerprint density at radius 3 is 2.37 bits per heavy atom. The van der Waals surface area contributed by atoms with Gasteiger partial charge in [-0.3, -0.25) is 4.79 Å². The molecule has 0 radical (unpaired) electrons. The van der Waals surface area contributed by atoms with Gasteiger partial charge in [0.05, 0.1) is 6.61 Å². The minimum Gasteiger partial charge on any atom is -0.481 e. The van der Waals surface area contributed by atoms with Crippen molar-refractivity contribution < 1.29 is 23.1 Å². The third kappa shape index (κ3) is 3.25. The molecular weight excluding hydrogens is 272 g/mol. The quantitative estimate of drug-likeness (QED) is 0.705. The lowest BCUT2D eigenvalue weighted by Gasteiger charge is -2.46. The first-order valence-corrected chi connectivity index (χ1v) is 7.49. The van der Waals surface area contributed by atoms with E-state index in [1.807, 2.05) is 13.8 Å². The van der Waals surface area contributed by atoms with Crippen molar-refractivity contribution in [3.8, 4) is 0 Å². The number of methoxy groups -OCH3 is 1. The van der Waals surface area contributed by atoms with Crippen molar-refractivity contribution in [1.82, 2.24) is 8.61 Å². The molecule has 0 saturated carbocycles. The third-order valence-corrected chi connectivity index (χ3v) is 5.02. The Balaban J connectivity index is 2.73. The van der Waals surface area contributed by atoms with Crippen molar-refractivity contribution >= 4 is 16.2 Å². The summed E-state index contributed by atoms with van der Waals surface area (Å²) in [6.45, 7) is 4.19. The molecule has 1 aliphatic rings. The van der Waals surface area contributed by atoms with E-state index in [0.717, 1.165) is 0 Å². The zero-order chi connectivity index (χ0) is 14.8. The van der Waals surface area contributed by atoms with Crippen LogP contribution in [0.4, 0.5) is 0 Å². The smallest absolute Gasteiger partial charge is 0.314 e. The third-order valence-electron chi connectivity index (χ3n) is 3.17. The number of hydrogen-bond donors (Lipinski definition) is 1. The highest BCUT2D eigenvalue weighted by Crippen LogP contribution is 2.34. The van der Waals surface area contributed by atoms with Gasteiger partial charge in [0.25, 0.3) is 10.2 Å². The SMILES string of the molecule is COCC1(C(=O)O)CN(S(=O)(=O)N(C)CC(C)C)C1. The van der Waals surface area contributed by atoms with E-state index in [9.17, 15) is 13.2 Å². The van der Waals surface area contributed by atoms with Gasteiger partial charge in [0.1, 0.15) is 5.41 Å². The molecule has 1 fully saturated rings. The van der Waals surface area contributed by atoms with Crippen LogP contribution in [0.2, 0.25) is 0 Å². The van der Waals surface area contributed by atoms with Gasteiger partial charge in [-0.05, 0) is 5.92 Å². The zero-order valence-corrected chi connectivity index (χ0v) is 12.6. The van der Waals surface area contributed by atoms with E-state index in [1.54, 1.807) is 0 Å². The van der Waals surface area contributed by atoms with E-state index in [0.29, 0.717) is 6.54 Å². The predicted octanol–water partition coefficient (Wildman–Crippen LogP) is -0.148. The van der Waals surface area contributed by atoms with Gasteiger partial charge in [-0.2, -0.15) is 17.0 Å². The summed E-state index contributed by atoms with van der Waals surface area (Å²) in [7, 11) is -0.657. The van der Waals surface area contributed by atoms with Crippen LogP contribution in [-0.4, -0.2) is 68.5 Å². The summed E-state index contributed by atoms with van der Waals surface area (Å²) in [5.74, 6) is -0.809. The molecule has 0 spiro atoms. The molecule has 0 aromatic carbocycles. The van der Waals surface area contributed by atoms with Gasteiger partial charge in [0.15, 0.2) is 0 Å². The van der Waals surface area contributed by atoms with Crippen LogP contribution < -0.4 is 0 Å². The Bertz CT molecular complexity index is 428. The second kappa shape index (κ2) is 5.74. The summed E-state index contributed by atoms with van der Waals surface area (Å²) in [6.07, 6.45) is 0. The second-order valence-electron chi connectivity index (χ2n) is 5.47. The molecule has 1 rings (SSSR count). The van der Waals surface area contributed by atoms with E-state index in [2.05, 4.69) is 0 Å². The fourth-order valence-corrected chi connectivity index (χ4v) is 3.86. The molecule has 1 heterocycles. The number of hydrogen-bond acceptors (Lipinski definition) is 4. The molecule has 0 bridgehead atoms. The molecule has 1 saturated heterocycles. The van der Waals surface area contributed by atoms with Crippen LogP contribution in [0.5, 0.6) is 0 Å². The molecule has 0 aromatic heterocycles. The first-order chi connectivity index (χ1) is 8.65. The standard InChI is InChI=1S/C11H22N2O5S/c1-9(2)5-12(3)19(16,17)13-6-11(7-13,8-18-4)10(14)15/h9H,5-8H2,1-4H3,(H,14,15). The van der Waals surface area contributed by atoms with Crippen LogP contribution in [0.1, 0.15) is 13.8 Å². The van der Waals surface area contributed by atoms with E-state index in [4.69, 9.17) is 9.84 Å². The van der Waals surface area contributed by atoms with Crippen LogP contribution in [0, 0.1) is 11.3 Å². The van der Waals surface area contributed by atoms with Crippen molar-refractivity contribution in [2.75, 3.05) is 40.4 Å². The minimum absolute atomic E-state index is 0.0161. The van der Waals surface area contributed by atoms with Gasteiger partial charge < -0.3 is 9.84 Å². The number of carboxylic acids is 1. The Hall–Kier alpha value is -0.700. The predicted molar refractivity (Wildman–Crippen MR) is 69.9 cm³/mol. The van der Waals surface area contributed by atoms with Crippen LogP contribution in [0.15, 0.2) is 0 Å². The Kier molecular flexibility index (Phi) is 4.94. The Morgan fingerprint density at radius 2 is 2.00 bits per heavy atom. The number of rotatable bonds is 7. The lowest BCUT2D eigenvalue weighted by atomic mass is 9.83. The maximum atomic E-state index is 12.2. The lowest BCUT2D eigenvalue weighted by molar-refractivity contribution is -0.161. The van der Waals surface area contributed by atoms with Gasteiger partial charge in [0.2, 0.25) is 0 Å². The fraction of sp³-hybridized carbons (Fsp3) is 0.909. The van der Waals surface area contributed by atoms with Crippen LogP contribution in [0.3, 0.4) is 0 Å². The maximum Gasteiger partial charge on any atom is 0.314 e. The van der Waals surface area contributed by atoms with Crippen molar-refractivity contribution in [3.05, 3.63) is 0 Å². The largest absolute Gasteiger partial charge is 0.481 e. The molecule has 0 amide bonds. The first kappa shape index (κ1) is 16.4. The van der Waals surface area contributed by atoms with Gasteiger partial charge in [-0.25, -0.2) is 0 Å². The molecule has 19 heavy (non-hydrogen) atoms. The molecular formula is C11H22N2O5S. The zero-order valence-electron chi connectivity index (χ0n) is 11.8. The van der Waals surface area contributed by atoms with Crippen molar-refractivity contribution in [2.24, 2.45) is 11.3 Å². The summed E-state index contributed by atoms with van der Waals surface area (Å²) >= 11 is 0. The molecule has 8 heteroatoms. The minimum atomic E-state index is -3.57. The lowest BCUT2D eigenvalue weighted by Crippen LogP contribution is -2.65. The molecule has 1 N–H and O–H groups in total. The number of aliphatic carboxylic acids is 1. The highest BCUT2D eigenvalue weighted by Gasteiger charge is 2.54. The van der Waals surface area contributed by atoms with E-state index < -0.39 is 21.6 Å². The van der Waals surface area contributed by atoms with Crippen molar-refractivity contribution in [3.63, 3.8) is 0 Å². The average Bonchev–Trinajstić information content (AvgIpc) is 2.20. The molecule has 0 aromatic rings. The van der Waals surface area contributed by atoms with Crippen LogP contribution in [-0.2, 0) is 19.7 Å². The molecule has 7 nitrogen and oxygen atoms in total. The Morgan fingerprint density at radius 1 is 1.47 bits per heavy atom. The summed E-state index contributed by atoms with van der Waals surface area (Å²) < 4.78 is 31.7. The van der Waals surface area contributed by atoms with Crippen molar-refractivity contribution in [1.29, 1.82) is 0 Å². The molecule has 0 atom stereocenters. The number of carbonyl (C=O) groups is 1. The topological polar surface area (TPSA) is 87.1 Å². The summed E-state index contributed by atoms with van der Waals surface area (Å²) in [5.41, 5.74) is -1.11. The average molecular weight is 294 g/mol. The monoisotopic (exact) mass is 294 g/mol. The number of carboxylic acid groups (broad SMARTS) is 1. The molecule has 1 aliphatic heterocycles. The normalized spacial score (nSPS) is 19.7. The highest BCUT2D eigenvalue weighted by molar-refractivity contribution is 7.86. The molecule has 112 valence electrons.